The van der Waals surface area contributed by atoms with Crippen LogP contribution in [0.5, 0.6) is 0 Å². The van der Waals surface area contributed by atoms with Gasteiger partial charge in [0, 0.05) is 24.7 Å². The zero-order valence-electron chi connectivity index (χ0n) is 38.9. The lowest BCUT2D eigenvalue weighted by molar-refractivity contribution is -0.203. The van der Waals surface area contributed by atoms with Gasteiger partial charge in [0.15, 0.2) is 0 Å². The molecule has 0 aliphatic heterocycles. The number of carboxylic acids is 2. The predicted molar refractivity (Wildman–Crippen MR) is 235 cm³/mol. The second-order valence-corrected chi connectivity index (χ2v) is 23.9. The number of hydrogen-bond acceptors (Lipinski definition) is 6. The van der Waals surface area contributed by atoms with Gasteiger partial charge < -0.3 is 25.5 Å². The normalized spacial score (nSPS) is 50.3. The minimum absolute atomic E-state index is 0.108. The second-order valence-electron chi connectivity index (χ2n) is 23.9. The number of ketones is 1. The highest BCUT2D eigenvalue weighted by Gasteiger charge is 2.67. The highest BCUT2D eigenvalue weighted by atomic mass is 16.4. The van der Waals surface area contributed by atoms with Crippen LogP contribution in [0.2, 0.25) is 0 Å². The van der Waals surface area contributed by atoms with Crippen molar-refractivity contribution in [2.45, 2.75) is 202 Å². The standard InChI is InChI=1S/C26H44O4.C26H42O4/c2*1-5-17-21-14-16(27)10-12-26(21,4)20-11-13-25(3)18(15(2)6-9-22(28)29)7-8-19(25)23(20)24(17)30/h15-21,23-24,27,30H,5-14H2,1-4H3,(H,28,29);15-21,23,27H,5-14H2,1-4H3,(H,28,29)/t15-,16-,17-,18-,19?,20?,21+,23+,24-,25-,26-;15-,16-,17-,18-,19?,20?,21?,23?,25-,26-/m11/s1. The number of aliphatic hydroxyl groups excluding tert-OH is 3. The molecule has 342 valence electrons. The first kappa shape index (κ1) is 46.5. The Bertz CT molecular complexity index is 1560. The van der Waals surface area contributed by atoms with Gasteiger partial charge in [0.25, 0.3) is 0 Å². The van der Waals surface area contributed by atoms with Crippen molar-refractivity contribution in [3.8, 4) is 0 Å². The molecule has 6 unspecified atom stereocenters. The van der Waals surface area contributed by atoms with E-state index >= 15 is 0 Å². The Balaban J connectivity index is 0.000000181. The Kier molecular flexibility index (Phi) is 13.5. The van der Waals surface area contributed by atoms with Gasteiger partial charge in [-0.3, -0.25) is 14.4 Å². The number of rotatable bonds is 10. The molecule has 0 amide bonds. The summed E-state index contributed by atoms with van der Waals surface area (Å²) in [6.45, 7) is 18.7. The quantitative estimate of drug-likeness (QED) is 0.146. The van der Waals surface area contributed by atoms with Gasteiger partial charge >= 0.3 is 11.9 Å². The van der Waals surface area contributed by atoms with Crippen molar-refractivity contribution in [3.63, 3.8) is 0 Å². The van der Waals surface area contributed by atoms with E-state index in [0.717, 1.165) is 83.5 Å². The number of Topliss-reactive ketones (excluding diaryl/α,β-unsaturated/α-hetero) is 1. The number of aliphatic hydroxyl groups is 3. The van der Waals surface area contributed by atoms with Crippen LogP contribution < -0.4 is 0 Å². The summed E-state index contributed by atoms with van der Waals surface area (Å²) in [5.74, 6) is 4.89. The Morgan fingerprint density at radius 3 is 1.53 bits per heavy atom. The van der Waals surface area contributed by atoms with Crippen LogP contribution in [0, 0.1) is 105 Å². The molecule has 0 radical (unpaired) electrons. The predicted octanol–water partition coefficient (Wildman–Crippen LogP) is 10.4. The summed E-state index contributed by atoms with van der Waals surface area (Å²) in [5, 5.41) is 50.8. The second kappa shape index (κ2) is 17.5. The first-order chi connectivity index (χ1) is 28.3. The van der Waals surface area contributed by atoms with Crippen molar-refractivity contribution >= 4 is 17.7 Å². The number of aliphatic carboxylic acids is 2. The van der Waals surface area contributed by atoms with Gasteiger partial charge in [-0.05, 0) is 202 Å². The highest BCUT2D eigenvalue weighted by molar-refractivity contribution is 5.86. The smallest absolute Gasteiger partial charge is 0.303 e. The van der Waals surface area contributed by atoms with Crippen molar-refractivity contribution in [2.75, 3.05) is 0 Å². The molecule has 60 heavy (non-hydrogen) atoms. The maximum absolute atomic E-state index is 13.9. The van der Waals surface area contributed by atoms with E-state index in [1.165, 1.54) is 32.1 Å². The van der Waals surface area contributed by atoms with Crippen LogP contribution in [0.4, 0.5) is 0 Å². The molecule has 0 heterocycles. The van der Waals surface area contributed by atoms with E-state index in [4.69, 9.17) is 10.2 Å². The van der Waals surface area contributed by atoms with E-state index in [1.807, 2.05) is 0 Å². The Morgan fingerprint density at radius 1 is 0.583 bits per heavy atom. The molecule has 8 rings (SSSR count). The van der Waals surface area contributed by atoms with Crippen molar-refractivity contribution in [1.82, 2.24) is 0 Å². The molecule has 8 aliphatic carbocycles. The summed E-state index contributed by atoms with van der Waals surface area (Å²) in [6, 6.07) is 0. The number of fused-ring (bicyclic) bond motifs is 10. The third kappa shape index (κ3) is 7.68. The SMILES string of the molecule is CC[C@H]1C(=O)C2C(CC[C@@]3(C)C2CC[C@@H]3[C@H](C)CCC(=O)O)[C@@]2(C)CC[C@@H](O)CC12.CC[C@H]1[C@@H](O)[C@H]2C3CC[C@H]([C@H](C)CCC(=O)O)[C@@]3(C)CCC2[C@@]2(C)CC[C@@H](O)C[C@@H]12. The number of carbonyl (C=O) groups is 3. The molecule has 0 aromatic carbocycles. The van der Waals surface area contributed by atoms with Crippen LogP contribution in [0.1, 0.15) is 184 Å². The van der Waals surface area contributed by atoms with Crippen LogP contribution >= 0.6 is 0 Å². The number of carbonyl (C=O) groups excluding carboxylic acids is 1. The lowest BCUT2D eigenvalue weighted by atomic mass is 9.41. The van der Waals surface area contributed by atoms with E-state index in [0.29, 0.717) is 76.8 Å². The maximum Gasteiger partial charge on any atom is 0.303 e. The number of carboxylic acid groups (broad SMARTS) is 2. The van der Waals surface area contributed by atoms with E-state index in [9.17, 15) is 29.7 Å². The van der Waals surface area contributed by atoms with Crippen LogP contribution in [0.15, 0.2) is 0 Å². The third-order valence-corrected chi connectivity index (χ3v) is 21.7. The van der Waals surface area contributed by atoms with Gasteiger partial charge in [-0.2, -0.15) is 0 Å². The molecule has 0 aromatic rings. The summed E-state index contributed by atoms with van der Waals surface area (Å²) in [5.41, 5.74) is 0.838. The van der Waals surface area contributed by atoms with Gasteiger partial charge in [-0.1, -0.05) is 61.8 Å². The monoisotopic (exact) mass is 839 g/mol. The minimum Gasteiger partial charge on any atom is -0.481 e. The molecule has 8 nitrogen and oxygen atoms in total. The molecule has 21 atom stereocenters. The fraction of sp³-hybridized carbons (Fsp3) is 0.942. The van der Waals surface area contributed by atoms with Crippen molar-refractivity contribution in [1.29, 1.82) is 0 Å². The van der Waals surface area contributed by atoms with Gasteiger partial charge in [0.2, 0.25) is 0 Å². The van der Waals surface area contributed by atoms with Gasteiger partial charge in [0.05, 0.1) is 18.3 Å². The molecule has 0 saturated heterocycles. The van der Waals surface area contributed by atoms with Crippen LogP contribution in [-0.4, -0.2) is 61.6 Å². The number of hydrogen-bond donors (Lipinski definition) is 5. The fourth-order valence-electron chi connectivity index (χ4n) is 18.6. The Labute approximate surface area is 363 Å². The van der Waals surface area contributed by atoms with Crippen molar-refractivity contribution < 1.29 is 39.9 Å². The van der Waals surface area contributed by atoms with Gasteiger partial charge in [-0.25, -0.2) is 0 Å². The van der Waals surface area contributed by atoms with E-state index < -0.39 is 11.9 Å². The van der Waals surface area contributed by atoms with E-state index in [-0.39, 0.29) is 64.6 Å². The third-order valence-electron chi connectivity index (χ3n) is 21.7. The fourth-order valence-corrected chi connectivity index (χ4v) is 18.6. The molecule has 0 spiro atoms. The lowest BCUT2D eigenvalue weighted by Crippen LogP contribution is -2.62. The largest absolute Gasteiger partial charge is 0.481 e. The first-order valence-corrected chi connectivity index (χ1v) is 25.3. The summed E-state index contributed by atoms with van der Waals surface area (Å²) >= 11 is 0. The Morgan fingerprint density at radius 2 is 1.02 bits per heavy atom. The molecular formula is C52H86O8. The summed E-state index contributed by atoms with van der Waals surface area (Å²) in [7, 11) is 0. The Hall–Kier alpha value is -1.51. The molecule has 5 N–H and O–H groups in total. The van der Waals surface area contributed by atoms with Crippen LogP contribution in [0.25, 0.3) is 0 Å². The van der Waals surface area contributed by atoms with Gasteiger partial charge in [-0.15, -0.1) is 0 Å². The van der Waals surface area contributed by atoms with E-state index in [1.54, 1.807) is 0 Å². The van der Waals surface area contributed by atoms with Crippen molar-refractivity contribution in [2.24, 2.45) is 105 Å². The average molecular weight is 839 g/mol. The first-order valence-electron chi connectivity index (χ1n) is 25.3. The zero-order chi connectivity index (χ0) is 43.7. The summed E-state index contributed by atoms with van der Waals surface area (Å²) in [4.78, 5) is 36.1. The average Bonchev–Trinajstić information content (AvgIpc) is 3.74. The van der Waals surface area contributed by atoms with Crippen LogP contribution in [-0.2, 0) is 14.4 Å². The summed E-state index contributed by atoms with van der Waals surface area (Å²) < 4.78 is 0. The van der Waals surface area contributed by atoms with Gasteiger partial charge in [0.1, 0.15) is 5.78 Å². The van der Waals surface area contributed by atoms with Crippen LogP contribution in [0.3, 0.4) is 0 Å². The molecule has 8 heteroatoms. The zero-order valence-corrected chi connectivity index (χ0v) is 38.9. The molecular weight excluding hydrogens is 753 g/mol. The van der Waals surface area contributed by atoms with Crippen molar-refractivity contribution in [3.05, 3.63) is 0 Å². The molecule has 0 aromatic heterocycles. The molecule has 8 saturated carbocycles. The maximum atomic E-state index is 13.9. The minimum atomic E-state index is -0.697. The summed E-state index contributed by atoms with van der Waals surface area (Å²) in [6.07, 6.45) is 18.3. The lowest BCUT2D eigenvalue weighted by Gasteiger charge is -2.64. The molecule has 0 bridgehead atoms. The highest BCUT2D eigenvalue weighted by Crippen LogP contribution is 2.71. The topological polar surface area (TPSA) is 152 Å². The molecule has 8 fully saturated rings. The van der Waals surface area contributed by atoms with E-state index in [2.05, 4.69) is 55.4 Å². The molecule has 8 aliphatic rings.